The van der Waals surface area contributed by atoms with Crippen molar-refractivity contribution in [3.63, 3.8) is 0 Å². The smallest absolute Gasteiger partial charge is 0.214 e. The van der Waals surface area contributed by atoms with Gasteiger partial charge in [0.15, 0.2) is 0 Å². The number of hydrogen-bond acceptors (Lipinski definition) is 4. The van der Waals surface area contributed by atoms with E-state index in [-0.39, 0.29) is 0 Å². The topological polar surface area (TPSA) is 37.4 Å². The highest BCUT2D eigenvalue weighted by atomic mass is 16.5. The Morgan fingerprint density at radius 3 is 3.19 bits per heavy atom. The molecule has 1 aromatic heterocycles. The van der Waals surface area contributed by atoms with Crippen molar-refractivity contribution in [3.8, 4) is 5.88 Å². The fraction of sp³-hybridized carbons (Fsp3) is 0.583. The van der Waals surface area contributed by atoms with Crippen LogP contribution in [0.4, 0.5) is 5.82 Å². The first-order valence-corrected chi connectivity index (χ1v) is 5.83. The highest BCUT2D eigenvalue weighted by molar-refractivity contribution is 5.42. The van der Waals surface area contributed by atoms with Crippen molar-refractivity contribution in [3.05, 3.63) is 18.2 Å². The third-order valence-corrected chi connectivity index (χ3v) is 3.03. The van der Waals surface area contributed by atoms with Crippen molar-refractivity contribution < 1.29 is 4.74 Å². The fourth-order valence-electron chi connectivity index (χ4n) is 2.10. The number of methoxy groups -OCH3 is 1. The lowest BCUT2D eigenvalue weighted by Gasteiger charge is -2.36. The first kappa shape index (κ1) is 11.2. The fourth-order valence-corrected chi connectivity index (χ4v) is 2.10. The van der Waals surface area contributed by atoms with Crippen LogP contribution in [0.15, 0.2) is 18.2 Å². The van der Waals surface area contributed by atoms with Gasteiger partial charge in [-0.05, 0) is 12.5 Å². The summed E-state index contributed by atoms with van der Waals surface area (Å²) in [6, 6.07) is 6.47. The van der Waals surface area contributed by atoms with Crippen LogP contribution in [0.2, 0.25) is 0 Å². The number of ether oxygens (including phenoxy) is 1. The van der Waals surface area contributed by atoms with Gasteiger partial charge in [0.25, 0.3) is 0 Å². The van der Waals surface area contributed by atoms with Crippen molar-refractivity contribution in [1.29, 1.82) is 0 Å². The molecule has 1 atom stereocenters. The molecule has 1 aromatic rings. The standard InChI is InChI=1S/C12H19N3O/c1-3-10-9-13-7-8-15(10)11-5-4-6-12(14-11)16-2/h4-6,10,13H,3,7-9H2,1-2H3. The summed E-state index contributed by atoms with van der Waals surface area (Å²) >= 11 is 0. The molecule has 1 N–H and O–H groups in total. The maximum Gasteiger partial charge on any atom is 0.214 e. The van der Waals surface area contributed by atoms with Crippen LogP contribution in [-0.2, 0) is 0 Å². The van der Waals surface area contributed by atoms with Crippen LogP contribution in [0.5, 0.6) is 5.88 Å². The Hall–Kier alpha value is -1.29. The molecule has 0 bridgehead atoms. The first-order chi connectivity index (χ1) is 7.85. The van der Waals surface area contributed by atoms with E-state index < -0.39 is 0 Å². The van der Waals surface area contributed by atoms with Gasteiger partial charge < -0.3 is 15.0 Å². The lowest BCUT2D eigenvalue weighted by atomic mass is 10.1. The second-order valence-corrected chi connectivity index (χ2v) is 4.00. The Balaban J connectivity index is 2.20. The number of aromatic nitrogens is 1. The zero-order valence-electron chi connectivity index (χ0n) is 9.94. The van der Waals surface area contributed by atoms with Crippen LogP contribution >= 0.6 is 0 Å². The summed E-state index contributed by atoms with van der Waals surface area (Å²) in [5.74, 6) is 1.71. The molecule has 2 rings (SSSR count). The number of anilines is 1. The van der Waals surface area contributed by atoms with Crippen molar-refractivity contribution in [2.75, 3.05) is 31.6 Å². The summed E-state index contributed by atoms with van der Waals surface area (Å²) in [7, 11) is 1.65. The summed E-state index contributed by atoms with van der Waals surface area (Å²) in [5, 5.41) is 3.41. The van der Waals surface area contributed by atoms with Crippen LogP contribution < -0.4 is 15.0 Å². The van der Waals surface area contributed by atoms with Gasteiger partial charge in [0, 0.05) is 31.7 Å². The van der Waals surface area contributed by atoms with E-state index in [9.17, 15) is 0 Å². The molecule has 0 amide bonds. The molecule has 0 spiro atoms. The van der Waals surface area contributed by atoms with E-state index in [4.69, 9.17) is 4.74 Å². The van der Waals surface area contributed by atoms with Gasteiger partial charge in [-0.3, -0.25) is 0 Å². The van der Waals surface area contributed by atoms with E-state index in [0.29, 0.717) is 11.9 Å². The zero-order chi connectivity index (χ0) is 11.4. The van der Waals surface area contributed by atoms with E-state index in [1.165, 1.54) is 0 Å². The average molecular weight is 221 g/mol. The Labute approximate surface area is 96.6 Å². The van der Waals surface area contributed by atoms with E-state index >= 15 is 0 Å². The van der Waals surface area contributed by atoms with Crippen molar-refractivity contribution >= 4 is 5.82 Å². The molecule has 88 valence electrons. The Morgan fingerprint density at radius 2 is 2.44 bits per heavy atom. The van der Waals surface area contributed by atoms with E-state index in [0.717, 1.165) is 31.9 Å². The lowest BCUT2D eigenvalue weighted by Crippen LogP contribution is -2.51. The number of hydrogen-bond donors (Lipinski definition) is 1. The minimum atomic E-state index is 0.536. The molecule has 4 nitrogen and oxygen atoms in total. The Morgan fingerprint density at radius 1 is 1.56 bits per heavy atom. The Kier molecular flexibility index (Phi) is 3.62. The predicted octanol–water partition coefficient (Wildman–Crippen LogP) is 1.28. The van der Waals surface area contributed by atoms with Crippen molar-refractivity contribution in [1.82, 2.24) is 10.3 Å². The van der Waals surface area contributed by atoms with Gasteiger partial charge in [-0.2, -0.15) is 4.98 Å². The number of piperazine rings is 1. The average Bonchev–Trinajstić information content (AvgIpc) is 2.38. The normalized spacial score (nSPS) is 20.9. The van der Waals surface area contributed by atoms with Crippen LogP contribution in [0, 0.1) is 0 Å². The van der Waals surface area contributed by atoms with Crippen LogP contribution in [0.25, 0.3) is 0 Å². The molecular weight excluding hydrogens is 202 g/mol. The van der Waals surface area contributed by atoms with Gasteiger partial charge in [-0.25, -0.2) is 0 Å². The summed E-state index contributed by atoms with van der Waals surface area (Å²) in [4.78, 5) is 6.85. The van der Waals surface area contributed by atoms with Gasteiger partial charge in [0.2, 0.25) is 5.88 Å². The van der Waals surface area contributed by atoms with Gasteiger partial charge in [0.05, 0.1) is 7.11 Å². The largest absolute Gasteiger partial charge is 0.481 e. The molecule has 0 radical (unpaired) electrons. The molecule has 2 heterocycles. The highest BCUT2D eigenvalue weighted by Crippen LogP contribution is 2.20. The molecule has 1 unspecified atom stereocenters. The number of nitrogens with zero attached hydrogens (tertiary/aromatic N) is 2. The highest BCUT2D eigenvalue weighted by Gasteiger charge is 2.21. The maximum atomic E-state index is 5.16. The van der Waals surface area contributed by atoms with Crippen LogP contribution in [0.1, 0.15) is 13.3 Å². The van der Waals surface area contributed by atoms with E-state index in [1.54, 1.807) is 7.11 Å². The summed E-state index contributed by atoms with van der Waals surface area (Å²) < 4.78 is 5.16. The first-order valence-electron chi connectivity index (χ1n) is 5.83. The van der Waals surface area contributed by atoms with Gasteiger partial charge in [-0.15, -0.1) is 0 Å². The Bertz CT molecular complexity index is 343. The third kappa shape index (κ3) is 2.27. The molecule has 0 aromatic carbocycles. The minimum absolute atomic E-state index is 0.536. The molecule has 1 fully saturated rings. The number of pyridine rings is 1. The SMILES string of the molecule is CCC1CNCCN1c1cccc(OC)n1. The predicted molar refractivity (Wildman–Crippen MR) is 65.1 cm³/mol. The molecule has 1 saturated heterocycles. The maximum absolute atomic E-state index is 5.16. The summed E-state index contributed by atoms with van der Waals surface area (Å²) in [6.07, 6.45) is 1.13. The van der Waals surface area contributed by atoms with Crippen molar-refractivity contribution in [2.45, 2.75) is 19.4 Å². The van der Waals surface area contributed by atoms with Crippen LogP contribution in [-0.4, -0.2) is 37.8 Å². The molecule has 1 aliphatic heterocycles. The van der Waals surface area contributed by atoms with E-state index in [1.807, 2.05) is 12.1 Å². The molecule has 0 aliphatic carbocycles. The molecular formula is C12H19N3O. The second-order valence-electron chi connectivity index (χ2n) is 4.00. The summed E-state index contributed by atoms with van der Waals surface area (Å²) in [6.45, 7) is 5.29. The molecule has 16 heavy (non-hydrogen) atoms. The second kappa shape index (κ2) is 5.16. The van der Waals surface area contributed by atoms with Crippen LogP contribution in [0.3, 0.4) is 0 Å². The van der Waals surface area contributed by atoms with E-state index in [2.05, 4.69) is 28.2 Å². The minimum Gasteiger partial charge on any atom is -0.481 e. The van der Waals surface area contributed by atoms with Gasteiger partial charge in [-0.1, -0.05) is 13.0 Å². The lowest BCUT2D eigenvalue weighted by molar-refractivity contribution is 0.395. The zero-order valence-corrected chi connectivity index (χ0v) is 9.94. The third-order valence-electron chi connectivity index (χ3n) is 3.03. The monoisotopic (exact) mass is 221 g/mol. The number of nitrogens with one attached hydrogen (secondary N) is 1. The number of rotatable bonds is 3. The van der Waals surface area contributed by atoms with Gasteiger partial charge >= 0.3 is 0 Å². The quantitative estimate of drug-likeness (QED) is 0.834. The summed E-state index contributed by atoms with van der Waals surface area (Å²) in [5.41, 5.74) is 0. The molecule has 4 heteroatoms. The van der Waals surface area contributed by atoms with Gasteiger partial charge in [0.1, 0.15) is 5.82 Å². The molecule has 0 saturated carbocycles. The molecule has 1 aliphatic rings. The van der Waals surface area contributed by atoms with Crippen molar-refractivity contribution in [2.24, 2.45) is 0 Å².